The van der Waals surface area contributed by atoms with Gasteiger partial charge in [-0.1, -0.05) is 122 Å². The van der Waals surface area contributed by atoms with Crippen LogP contribution in [0.1, 0.15) is 82.7 Å². The molecule has 2 atom stereocenters. The molecule has 4 nitrogen and oxygen atoms in total. The zero-order valence-corrected chi connectivity index (χ0v) is 36.8. The molecule has 1 radical (unpaired) electrons. The molecule has 0 spiro atoms. The molecular formula is C48H53IrN3OSi-2. The molecule has 4 aromatic heterocycles. The number of benzene rings is 3. The largest absolute Gasteiger partial charge is 0.499 e. The zero-order chi connectivity index (χ0) is 37.9. The Kier molecular flexibility index (Phi) is 12.9. The summed E-state index contributed by atoms with van der Waals surface area (Å²) in [4.78, 5) is 14.4. The first-order valence-electron chi connectivity index (χ1n) is 18.9. The van der Waals surface area contributed by atoms with E-state index < -0.39 is 8.07 Å². The van der Waals surface area contributed by atoms with Crippen molar-refractivity contribution in [3.8, 4) is 22.5 Å². The molecule has 0 amide bonds. The summed E-state index contributed by atoms with van der Waals surface area (Å²) in [7, 11) is -1.34. The van der Waals surface area contributed by atoms with E-state index >= 15 is 0 Å². The number of furan rings is 1. The van der Waals surface area contributed by atoms with E-state index in [4.69, 9.17) is 9.40 Å². The Morgan fingerprint density at radius 1 is 0.741 bits per heavy atom. The summed E-state index contributed by atoms with van der Waals surface area (Å²) in [6.45, 7) is 23.0. The monoisotopic (exact) mass is 908 g/mol. The average Bonchev–Trinajstić information content (AvgIpc) is 3.51. The Morgan fingerprint density at radius 3 is 2.13 bits per heavy atom. The van der Waals surface area contributed by atoms with Crippen molar-refractivity contribution in [1.82, 2.24) is 15.0 Å². The summed E-state index contributed by atoms with van der Waals surface area (Å²) in [5.74, 6) is 1.29. The molecule has 3 aromatic carbocycles. The van der Waals surface area contributed by atoms with E-state index in [1.807, 2.05) is 42.6 Å². The van der Waals surface area contributed by atoms with Gasteiger partial charge in [-0.25, -0.2) is 4.98 Å². The van der Waals surface area contributed by atoms with Crippen LogP contribution in [0, 0.1) is 23.5 Å². The summed E-state index contributed by atoms with van der Waals surface area (Å²) in [5, 5.41) is 2.49. The average molecular weight is 908 g/mol. The first kappa shape index (κ1) is 41.0. The molecule has 0 N–H and O–H groups in total. The van der Waals surface area contributed by atoms with Crippen molar-refractivity contribution in [2.24, 2.45) is 11.3 Å². The molecule has 0 aliphatic rings. The third-order valence-electron chi connectivity index (χ3n) is 10.3. The van der Waals surface area contributed by atoms with Crippen molar-refractivity contribution in [2.45, 2.75) is 86.4 Å². The predicted octanol–water partition coefficient (Wildman–Crippen LogP) is 12.4. The number of nitrogens with zero attached hydrogens (tertiary/aromatic N) is 3. The first-order chi connectivity index (χ1) is 25.2. The van der Waals surface area contributed by atoms with Gasteiger partial charge in [0, 0.05) is 44.1 Å². The minimum atomic E-state index is -1.34. The number of hydrogen-bond acceptors (Lipinski definition) is 4. The van der Waals surface area contributed by atoms with Crippen LogP contribution in [0.15, 0.2) is 114 Å². The number of aromatic nitrogens is 3. The Bertz CT molecular complexity index is 2300. The molecule has 0 aliphatic heterocycles. The molecule has 0 bridgehead atoms. The maximum Gasteiger partial charge on any atom is 0.139 e. The van der Waals surface area contributed by atoms with E-state index in [0.717, 1.165) is 56.7 Å². The fraction of sp³-hybridized carbons (Fsp3) is 0.312. The third-order valence-corrected chi connectivity index (χ3v) is 12.3. The molecular weight excluding hydrogens is 855 g/mol. The van der Waals surface area contributed by atoms with E-state index in [9.17, 15) is 0 Å². The molecule has 7 rings (SSSR count). The van der Waals surface area contributed by atoms with Gasteiger partial charge in [-0.3, -0.25) is 0 Å². The molecule has 0 saturated heterocycles. The Balaban J connectivity index is 0.000000230. The molecule has 7 aromatic rings. The Hall–Kier alpha value is -4.22. The van der Waals surface area contributed by atoms with Crippen molar-refractivity contribution < 1.29 is 24.5 Å². The van der Waals surface area contributed by atoms with Gasteiger partial charge in [0.15, 0.2) is 0 Å². The number of pyridine rings is 3. The summed E-state index contributed by atoms with van der Waals surface area (Å²) >= 11 is 0. The van der Waals surface area contributed by atoms with E-state index in [2.05, 4.69) is 157 Å². The molecule has 6 heteroatoms. The van der Waals surface area contributed by atoms with Crippen LogP contribution in [-0.2, 0) is 26.5 Å². The van der Waals surface area contributed by atoms with Gasteiger partial charge in [0.1, 0.15) is 5.58 Å². The topological polar surface area (TPSA) is 51.8 Å². The van der Waals surface area contributed by atoms with Gasteiger partial charge in [0.05, 0.1) is 19.2 Å². The van der Waals surface area contributed by atoms with Crippen molar-refractivity contribution >= 4 is 35.3 Å². The minimum Gasteiger partial charge on any atom is -0.499 e. The van der Waals surface area contributed by atoms with Crippen LogP contribution in [0.3, 0.4) is 0 Å². The quantitative estimate of drug-likeness (QED) is 0.113. The van der Waals surface area contributed by atoms with E-state index in [1.165, 1.54) is 21.9 Å². The van der Waals surface area contributed by atoms with Gasteiger partial charge >= 0.3 is 0 Å². The molecule has 4 heterocycles. The maximum absolute atomic E-state index is 6.08. The standard InChI is InChI=1S/C30H29N2O.C18H24NSi.Ir/c1-19(21-9-7-6-8-10-21)25-12-14-28-29(32-25)24-17-23(11-13-27(24)33-28)26-18-22(15-16-31-26)20(2)30(3,4)5;1-14(2)11-16-12-17(15-9-7-6-8-10-15)19-13-18(16)20(3,4)5;/h6-10,12-20H,1-5H3;6-9,12-14H,11H2,1-5H3;/q2*-1;. The van der Waals surface area contributed by atoms with Gasteiger partial charge in [0.25, 0.3) is 0 Å². The number of fused-ring (bicyclic) bond motifs is 3. The van der Waals surface area contributed by atoms with Crippen LogP contribution in [0.4, 0.5) is 0 Å². The van der Waals surface area contributed by atoms with E-state index in [-0.39, 0.29) is 31.4 Å². The Labute approximate surface area is 337 Å². The zero-order valence-electron chi connectivity index (χ0n) is 33.4. The number of hydrogen-bond donors (Lipinski definition) is 0. The first-order valence-corrected chi connectivity index (χ1v) is 22.4. The SMILES string of the molecule is CC(C)Cc1cc(-c2[c-]cccc2)ncc1[Si](C)(C)C.CC(c1ccccc1)c1ccc2oc3c[c-]c(-c4cc(C(C)C(C)(C)C)ccn4)cc3c2n1.[Ir]. The van der Waals surface area contributed by atoms with Crippen LogP contribution in [0.5, 0.6) is 0 Å². The van der Waals surface area contributed by atoms with Crippen molar-refractivity contribution in [1.29, 1.82) is 0 Å². The van der Waals surface area contributed by atoms with E-state index in [1.54, 1.807) is 0 Å². The van der Waals surface area contributed by atoms with Crippen LogP contribution >= 0.6 is 0 Å². The molecule has 54 heavy (non-hydrogen) atoms. The van der Waals surface area contributed by atoms with Crippen LogP contribution in [0.2, 0.25) is 19.6 Å². The van der Waals surface area contributed by atoms with Gasteiger partial charge in [-0.2, -0.15) is 0 Å². The Morgan fingerprint density at radius 2 is 1.46 bits per heavy atom. The fourth-order valence-corrected chi connectivity index (χ4v) is 8.34. The van der Waals surface area contributed by atoms with Crippen LogP contribution < -0.4 is 5.19 Å². The summed E-state index contributed by atoms with van der Waals surface area (Å²) in [6.07, 6.45) is 5.14. The predicted molar refractivity (Wildman–Crippen MR) is 225 cm³/mol. The molecule has 0 aliphatic carbocycles. The van der Waals surface area contributed by atoms with Gasteiger partial charge < -0.3 is 14.4 Å². The minimum absolute atomic E-state index is 0. The number of rotatable bonds is 8. The molecule has 0 saturated carbocycles. The summed E-state index contributed by atoms with van der Waals surface area (Å²) < 4.78 is 6.08. The van der Waals surface area contributed by atoms with Crippen molar-refractivity contribution in [2.75, 3.05) is 0 Å². The van der Waals surface area contributed by atoms with Crippen molar-refractivity contribution in [3.63, 3.8) is 0 Å². The van der Waals surface area contributed by atoms with Gasteiger partial charge in [-0.05, 0) is 69.4 Å². The maximum atomic E-state index is 6.08. The third kappa shape index (κ3) is 9.52. The molecule has 0 fully saturated rings. The molecule has 2 unspecified atom stereocenters. The second-order valence-corrected chi connectivity index (χ2v) is 21.9. The van der Waals surface area contributed by atoms with Gasteiger partial charge in [0.2, 0.25) is 0 Å². The van der Waals surface area contributed by atoms with Crippen molar-refractivity contribution in [3.05, 3.63) is 144 Å². The fourth-order valence-electron chi connectivity index (χ4n) is 6.75. The summed E-state index contributed by atoms with van der Waals surface area (Å²) in [5.41, 5.74) is 11.7. The van der Waals surface area contributed by atoms with Crippen LogP contribution in [0.25, 0.3) is 44.6 Å². The van der Waals surface area contributed by atoms with Crippen LogP contribution in [-0.4, -0.2) is 23.0 Å². The second-order valence-electron chi connectivity index (χ2n) is 16.9. The smallest absolute Gasteiger partial charge is 0.139 e. The van der Waals surface area contributed by atoms with E-state index in [0.29, 0.717) is 11.8 Å². The normalized spacial score (nSPS) is 12.9. The molecule has 281 valence electrons. The second kappa shape index (κ2) is 17.1. The summed E-state index contributed by atoms with van der Waals surface area (Å²) in [6, 6.07) is 39.9. The van der Waals surface area contributed by atoms with Gasteiger partial charge in [-0.15, -0.1) is 59.7 Å².